The zero-order valence-corrected chi connectivity index (χ0v) is 17.0. The number of urea groups is 1. The monoisotopic (exact) mass is 445 g/mol. The molecule has 2 N–H and O–H groups in total. The Kier molecular flexibility index (Phi) is 6.12. The average Bonchev–Trinajstić information content (AvgIpc) is 3.04. The van der Waals surface area contributed by atoms with Gasteiger partial charge in [-0.2, -0.15) is 13.2 Å². The quantitative estimate of drug-likeness (QED) is 0.622. The minimum atomic E-state index is -4.73. The van der Waals surface area contributed by atoms with Gasteiger partial charge in [-0.05, 0) is 37.0 Å². The number of H-pyrrole nitrogens is 1. The van der Waals surface area contributed by atoms with Crippen molar-refractivity contribution >= 4 is 23.3 Å². The number of aromatic amines is 1. The van der Waals surface area contributed by atoms with Gasteiger partial charge in [0.05, 0.1) is 16.6 Å². The lowest BCUT2D eigenvalue weighted by Crippen LogP contribution is -2.40. The number of benzene rings is 1. The highest BCUT2D eigenvalue weighted by Gasteiger charge is 2.42. The minimum Gasteiger partial charge on any atom is -0.326 e. The molecule has 0 saturated heterocycles. The first-order chi connectivity index (χ1) is 14.0. The van der Waals surface area contributed by atoms with E-state index in [1.807, 2.05) is 13.8 Å². The van der Waals surface area contributed by atoms with Gasteiger partial charge < -0.3 is 15.2 Å². The Bertz CT molecular complexity index is 1020. The lowest BCUT2D eigenvalue weighted by molar-refractivity contribution is -0.138. The summed E-state index contributed by atoms with van der Waals surface area (Å²) in [6.45, 7) is 3.85. The van der Waals surface area contributed by atoms with Crippen LogP contribution in [-0.2, 0) is 12.6 Å². The number of fused-ring (bicyclic) bond motifs is 1. The molecule has 1 aliphatic rings. The number of anilines is 1. The maximum atomic E-state index is 13.6. The predicted molar refractivity (Wildman–Crippen MR) is 105 cm³/mol. The van der Waals surface area contributed by atoms with Crippen molar-refractivity contribution in [3.63, 3.8) is 0 Å². The molecule has 30 heavy (non-hydrogen) atoms. The molecule has 0 aliphatic heterocycles. The molecule has 162 valence electrons. The van der Waals surface area contributed by atoms with Crippen molar-refractivity contribution in [3.8, 4) is 0 Å². The summed E-state index contributed by atoms with van der Waals surface area (Å²) in [4.78, 5) is 28.5. The molecule has 0 radical (unpaired) electrons. The summed E-state index contributed by atoms with van der Waals surface area (Å²) in [5.74, 6) is -0.689. The lowest BCUT2D eigenvalue weighted by Gasteiger charge is -2.32. The van der Waals surface area contributed by atoms with Crippen LogP contribution < -0.4 is 10.9 Å². The van der Waals surface area contributed by atoms with Crippen molar-refractivity contribution in [1.82, 2.24) is 9.88 Å². The van der Waals surface area contributed by atoms with E-state index in [1.54, 1.807) is 0 Å². The van der Waals surface area contributed by atoms with Crippen LogP contribution >= 0.6 is 11.6 Å². The van der Waals surface area contributed by atoms with Crippen molar-refractivity contribution in [2.24, 2.45) is 5.92 Å². The van der Waals surface area contributed by atoms with E-state index in [2.05, 4.69) is 10.3 Å². The Morgan fingerprint density at radius 3 is 2.63 bits per heavy atom. The number of nitrogens with one attached hydrogen (secondary N) is 2. The van der Waals surface area contributed by atoms with Gasteiger partial charge in [0.25, 0.3) is 0 Å². The van der Waals surface area contributed by atoms with Gasteiger partial charge in [-0.15, -0.1) is 0 Å². The predicted octanol–water partition coefficient (Wildman–Crippen LogP) is 5.36. The number of rotatable bonds is 4. The first-order valence-electron chi connectivity index (χ1n) is 9.33. The Balaban J connectivity index is 1.99. The van der Waals surface area contributed by atoms with Gasteiger partial charge in [-0.3, -0.25) is 4.79 Å². The molecule has 0 fully saturated rings. The molecule has 3 rings (SSSR count). The smallest absolute Gasteiger partial charge is 0.326 e. The Hall–Kier alpha value is -2.55. The normalized spacial score (nSPS) is 15.9. The first kappa shape index (κ1) is 22.1. The van der Waals surface area contributed by atoms with Gasteiger partial charge in [0.1, 0.15) is 5.82 Å². The average molecular weight is 446 g/mol. The van der Waals surface area contributed by atoms with Gasteiger partial charge in [-0.1, -0.05) is 25.4 Å². The van der Waals surface area contributed by atoms with Gasteiger partial charge >= 0.3 is 12.2 Å². The fourth-order valence-electron chi connectivity index (χ4n) is 3.69. The van der Waals surface area contributed by atoms with Crippen molar-refractivity contribution < 1.29 is 22.4 Å². The fraction of sp³-hybridized carbons (Fsp3) is 0.400. The topological polar surface area (TPSA) is 65.2 Å². The van der Waals surface area contributed by atoms with Crippen molar-refractivity contribution in [2.45, 2.75) is 38.9 Å². The summed E-state index contributed by atoms with van der Waals surface area (Å²) in [5.41, 5.74) is -1.55. The Labute approximate surface area is 175 Å². The zero-order chi connectivity index (χ0) is 22.2. The molecular formula is C20H20ClF4N3O2. The number of aryl methyl sites for hydroxylation is 1. The first-order valence-corrected chi connectivity index (χ1v) is 9.71. The van der Waals surface area contributed by atoms with Crippen molar-refractivity contribution in [3.05, 3.63) is 62.3 Å². The SMILES string of the molecule is CC(C)CN(C(=O)Nc1ccc(F)c(Cl)c1)C1CCc2[nH]c(=O)cc(C(F)(F)F)c21. The van der Waals surface area contributed by atoms with E-state index in [9.17, 15) is 27.2 Å². The molecule has 2 aromatic rings. The number of hydrogen-bond acceptors (Lipinski definition) is 2. The van der Waals surface area contributed by atoms with Crippen LogP contribution in [0.2, 0.25) is 5.02 Å². The highest BCUT2D eigenvalue weighted by Crippen LogP contribution is 2.43. The summed E-state index contributed by atoms with van der Waals surface area (Å²) in [5, 5.41) is 2.39. The van der Waals surface area contributed by atoms with E-state index in [1.165, 1.54) is 17.0 Å². The molecule has 1 atom stereocenters. The number of nitrogens with zero attached hydrogens (tertiary/aromatic N) is 1. The highest BCUT2D eigenvalue weighted by molar-refractivity contribution is 6.31. The van der Waals surface area contributed by atoms with E-state index in [4.69, 9.17) is 11.6 Å². The van der Waals surface area contributed by atoms with Gasteiger partial charge in [0.15, 0.2) is 0 Å². The maximum Gasteiger partial charge on any atom is 0.417 e. The number of carbonyl (C=O) groups is 1. The molecule has 1 aromatic carbocycles. The molecule has 1 heterocycles. The standard InChI is InChI=1S/C20H20ClF4N3O2/c1-10(2)9-28(19(30)26-11-3-4-14(22)13(21)7-11)16-6-5-15-18(16)12(20(23,24)25)8-17(29)27-15/h3-4,7-8,10,16H,5-6,9H2,1-2H3,(H,26,30)(H,27,29). The largest absolute Gasteiger partial charge is 0.417 e. The molecule has 2 amide bonds. The van der Waals surface area contributed by atoms with E-state index in [-0.39, 0.29) is 47.3 Å². The summed E-state index contributed by atoms with van der Waals surface area (Å²) in [6, 6.07) is 2.65. The number of pyridine rings is 1. The van der Waals surface area contributed by atoms with Crippen LogP contribution in [0.25, 0.3) is 0 Å². The van der Waals surface area contributed by atoms with E-state index >= 15 is 0 Å². The number of hydrogen-bond donors (Lipinski definition) is 2. The third-order valence-electron chi connectivity index (χ3n) is 4.84. The van der Waals surface area contributed by atoms with Crippen LogP contribution in [0.3, 0.4) is 0 Å². The maximum absolute atomic E-state index is 13.6. The van der Waals surface area contributed by atoms with Crippen LogP contribution in [0, 0.1) is 11.7 Å². The van der Waals surface area contributed by atoms with Crippen LogP contribution in [0.5, 0.6) is 0 Å². The minimum absolute atomic E-state index is 0.0336. The zero-order valence-electron chi connectivity index (χ0n) is 16.2. The number of alkyl halides is 3. The molecule has 1 aliphatic carbocycles. The molecule has 0 saturated carbocycles. The summed E-state index contributed by atoms with van der Waals surface area (Å²) in [7, 11) is 0. The van der Waals surface area contributed by atoms with Crippen molar-refractivity contribution in [2.75, 3.05) is 11.9 Å². The number of aromatic nitrogens is 1. The van der Waals surface area contributed by atoms with Crippen LogP contribution in [0.15, 0.2) is 29.1 Å². The van der Waals surface area contributed by atoms with Crippen LogP contribution in [0.1, 0.15) is 43.1 Å². The van der Waals surface area contributed by atoms with Crippen molar-refractivity contribution in [1.29, 1.82) is 0 Å². The third-order valence-corrected chi connectivity index (χ3v) is 5.13. The van der Waals surface area contributed by atoms with Gasteiger partial charge in [-0.25, -0.2) is 9.18 Å². The molecule has 0 spiro atoms. The molecule has 5 nitrogen and oxygen atoms in total. The highest BCUT2D eigenvalue weighted by atomic mass is 35.5. The summed E-state index contributed by atoms with van der Waals surface area (Å²) < 4.78 is 54.3. The van der Waals surface area contributed by atoms with E-state index in [0.29, 0.717) is 6.07 Å². The Morgan fingerprint density at radius 2 is 2.03 bits per heavy atom. The summed E-state index contributed by atoms with van der Waals surface area (Å²) in [6.07, 6.45) is -4.28. The second-order valence-corrected chi connectivity index (χ2v) is 8.00. The lowest BCUT2D eigenvalue weighted by atomic mass is 10.0. The summed E-state index contributed by atoms with van der Waals surface area (Å²) >= 11 is 5.74. The third kappa shape index (κ3) is 4.61. The number of halogens is 5. The fourth-order valence-corrected chi connectivity index (χ4v) is 3.87. The van der Waals surface area contributed by atoms with E-state index in [0.717, 1.165) is 6.07 Å². The second kappa shape index (κ2) is 8.29. The number of carbonyl (C=O) groups excluding carboxylic acids is 1. The molecule has 1 unspecified atom stereocenters. The second-order valence-electron chi connectivity index (χ2n) is 7.60. The Morgan fingerprint density at radius 1 is 1.33 bits per heavy atom. The molecular weight excluding hydrogens is 426 g/mol. The molecule has 10 heteroatoms. The molecule has 1 aromatic heterocycles. The number of amides is 2. The molecule has 0 bridgehead atoms. The van der Waals surface area contributed by atoms with Gasteiger partial charge in [0, 0.05) is 29.6 Å². The van der Waals surface area contributed by atoms with Crippen LogP contribution in [0.4, 0.5) is 28.0 Å². The van der Waals surface area contributed by atoms with Crippen LogP contribution in [-0.4, -0.2) is 22.5 Å². The van der Waals surface area contributed by atoms with E-state index < -0.39 is 35.2 Å². The van der Waals surface area contributed by atoms with Gasteiger partial charge in [0.2, 0.25) is 5.56 Å².